The summed E-state index contributed by atoms with van der Waals surface area (Å²) in [5, 5.41) is 0. The lowest BCUT2D eigenvalue weighted by Crippen LogP contribution is -2.39. The molecule has 5 rings (SSSR count). The van der Waals surface area contributed by atoms with E-state index in [1.54, 1.807) is 38.9 Å². The number of hydrogen-bond donors (Lipinski definition) is 0. The Morgan fingerprint density at radius 3 is 1.35 bits per heavy atom. The lowest BCUT2D eigenvalue weighted by atomic mass is 9.90. The molecule has 0 fully saturated rings. The van der Waals surface area contributed by atoms with Crippen molar-refractivity contribution in [2.45, 2.75) is 200 Å². The third-order valence-corrected chi connectivity index (χ3v) is 21.6. The van der Waals surface area contributed by atoms with E-state index in [4.69, 9.17) is 0 Å². The lowest BCUT2D eigenvalue weighted by Gasteiger charge is -2.30. The molecule has 14 heteroatoms. The molecule has 0 amide bonds. The zero-order valence-corrected chi connectivity index (χ0v) is 54.6. The van der Waals surface area contributed by atoms with Gasteiger partial charge in [-0.2, -0.15) is 8.61 Å². The van der Waals surface area contributed by atoms with E-state index in [1.807, 2.05) is 85.0 Å². The van der Waals surface area contributed by atoms with Gasteiger partial charge in [-0.25, -0.2) is 29.8 Å². The lowest BCUT2D eigenvalue weighted by molar-refractivity contribution is -0.539. The molecule has 1 aliphatic carbocycles. The monoisotopic (exact) mass is 1190 g/mol. The summed E-state index contributed by atoms with van der Waals surface area (Å²) in [7, 11) is -12.5. The molecule has 0 bridgehead atoms. The van der Waals surface area contributed by atoms with Gasteiger partial charge in [-0.05, 0) is 140 Å². The average molecular weight is 1200 g/mol. The molecule has 0 heterocycles. The molecular formula is C69H102N4O7S3. The van der Waals surface area contributed by atoms with Gasteiger partial charge in [0.15, 0.2) is 12.3 Å². The van der Waals surface area contributed by atoms with Crippen molar-refractivity contribution in [3.8, 4) is 0 Å². The standard InChI is InChI=1S/C69H102N4O7S3/c1-11-21-29-55(15-5)51-72(52-56(16-6)30-22-12-2)81(74,75)65-35-27-33-59(47-65)49-70(19-9)63-43-39-61(40-44-63)69(67-37-25-26-38-68(67)83(78,79)80)62-41-45-64(46-42-62)71(20-10)50-60-34-28-36-66(48-60)82(76,77)73(53-57(17-7)31-23-13-3)54-58(18-8)32-24-14-4/h25-28,33-48,55-58H,11-24,29-32,49-54H2,1-10H3. The first-order chi connectivity index (χ1) is 39.8. The smallest absolute Gasteiger partial charge is 0.243 e. The number of benzene rings is 4. The van der Waals surface area contributed by atoms with Crippen molar-refractivity contribution in [2.24, 2.45) is 23.7 Å². The van der Waals surface area contributed by atoms with Crippen LogP contribution in [-0.4, -0.2) is 88.0 Å². The van der Waals surface area contributed by atoms with Crippen molar-refractivity contribution < 1.29 is 34.4 Å². The molecule has 0 radical (unpaired) electrons. The predicted molar refractivity (Wildman–Crippen MR) is 345 cm³/mol. The first kappa shape index (κ1) is 69.1. The summed E-state index contributed by atoms with van der Waals surface area (Å²) in [5.41, 5.74) is 5.82. The Kier molecular flexibility index (Phi) is 28.7. The number of allylic oxidation sites excluding steroid dienone is 5. The second kappa shape index (κ2) is 34.4. The van der Waals surface area contributed by atoms with Gasteiger partial charge in [-0.15, -0.1) is 0 Å². The fourth-order valence-electron chi connectivity index (χ4n) is 11.5. The van der Waals surface area contributed by atoms with Crippen LogP contribution in [0.5, 0.6) is 0 Å². The third kappa shape index (κ3) is 19.9. The van der Waals surface area contributed by atoms with Gasteiger partial charge in [-0.3, -0.25) is 0 Å². The SMILES string of the molecule is CCCCC(CC)CN(CC(CC)CCCC)S(=O)(=O)c1cccc(CN(CC)c2ccc(C(=C3C=CC(=[N+](CC)Cc4cccc(S(=O)(=O)N(CC(CC)CCCC)CC(CC)CCCC)c4)C=C3)c3ccccc3S(=O)(=O)[O-])cc2)c1. The zero-order chi connectivity index (χ0) is 60.6. The number of anilines is 1. The van der Waals surface area contributed by atoms with E-state index in [0.717, 1.165) is 125 Å². The quantitative estimate of drug-likeness (QED) is 0.0319. The minimum absolute atomic E-state index is 0.291. The van der Waals surface area contributed by atoms with Gasteiger partial charge in [-0.1, -0.05) is 187 Å². The van der Waals surface area contributed by atoms with Crippen LogP contribution in [0.15, 0.2) is 142 Å². The molecule has 1 aliphatic rings. The minimum atomic E-state index is -4.88. The maximum atomic E-state index is 14.7. The normalized spacial score (nSPS) is 14.6. The third-order valence-electron chi connectivity index (χ3n) is 17.1. The molecule has 83 heavy (non-hydrogen) atoms. The molecule has 0 N–H and O–H groups in total. The van der Waals surface area contributed by atoms with Crippen LogP contribution in [0.1, 0.15) is 194 Å². The molecule has 11 nitrogen and oxygen atoms in total. The second-order valence-corrected chi connectivity index (χ2v) is 28.3. The van der Waals surface area contributed by atoms with Gasteiger partial charge in [0, 0.05) is 68.2 Å². The largest absolute Gasteiger partial charge is 0.744 e. The van der Waals surface area contributed by atoms with E-state index in [0.29, 0.717) is 108 Å². The minimum Gasteiger partial charge on any atom is -0.744 e. The van der Waals surface area contributed by atoms with Crippen LogP contribution in [0, 0.1) is 23.7 Å². The first-order valence-corrected chi connectivity index (χ1v) is 35.9. The number of nitrogens with zero attached hydrogens (tertiary/aromatic N) is 4. The molecule has 4 unspecified atom stereocenters. The van der Waals surface area contributed by atoms with Gasteiger partial charge in [0.25, 0.3) is 0 Å². The number of rotatable bonds is 38. The molecule has 0 aliphatic heterocycles. The van der Waals surface area contributed by atoms with Crippen molar-refractivity contribution >= 4 is 47.1 Å². The van der Waals surface area contributed by atoms with Gasteiger partial charge < -0.3 is 9.45 Å². The average Bonchev–Trinajstić information content (AvgIpc) is 3.69. The van der Waals surface area contributed by atoms with Crippen LogP contribution in [0.25, 0.3) is 5.57 Å². The van der Waals surface area contributed by atoms with Crippen LogP contribution in [0.2, 0.25) is 0 Å². The maximum Gasteiger partial charge on any atom is 0.243 e. The molecular weight excluding hydrogens is 1090 g/mol. The van der Waals surface area contributed by atoms with Gasteiger partial charge in [0.05, 0.1) is 14.7 Å². The van der Waals surface area contributed by atoms with Gasteiger partial charge in [0.2, 0.25) is 20.0 Å². The van der Waals surface area contributed by atoms with Crippen molar-refractivity contribution in [3.63, 3.8) is 0 Å². The second-order valence-electron chi connectivity index (χ2n) is 23.1. The van der Waals surface area contributed by atoms with E-state index in [-0.39, 0.29) is 4.90 Å². The zero-order valence-electron chi connectivity index (χ0n) is 52.2. The number of hydrogen-bond acceptors (Lipinski definition) is 8. The van der Waals surface area contributed by atoms with Crippen LogP contribution in [-0.2, 0) is 43.3 Å². The summed E-state index contributed by atoms with van der Waals surface area (Å²) in [5.74, 6) is 1.17. The van der Waals surface area contributed by atoms with Crippen molar-refractivity contribution in [1.82, 2.24) is 8.61 Å². The molecule has 4 atom stereocenters. The van der Waals surface area contributed by atoms with Crippen molar-refractivity contribution in [3.05, 3.63) is 149 Å². The molecule has 458 valence electrons. The van der Waals surface area contributed by atoms with Crippen LogP contribution in [0.4, 0.5) is 5.69 Å². The van der Waals surface area contributed by atoms with Crippen molar-refractivity contribution in [1.29, 1.82) is 0 Å². The summed E-state index contributed by atoms with van der Waals surface area (Å²) in [6.07, 6.45) is 24.3. The van der Waals surface area contributed by atoms with Crippen LogP contribution >= 0.6 is 0 Å². The van der Waals surface area contributed by atoms with Crippen LogP contribution < -0.4 is 4.90 Å². The Labute approximate surface area is 503 Å². The Balaban J connectivity index is 1.48. The van der Waals surface area contributed by atoms with E-state index in [9.17, 15) is 29.8 Å². The van der Waals surface area contributed by atoms with Crippen LogP contribution in [0.3, 0.4) is 0 Å². The summed E-state index contributed by atoms with van der Waals surface area (Å²) in [4.78, 5) is 2.50. The Hall–Kier alpha value is -4.70. The molecule has 4 aromatic rings. The topological polar surface area (TPSA) is 138 Å². The van der Waals surface area contributed by atoms with Crippen molar-refractivity contribution in [2.75, 3.05) is 44.2 Å². The maximum absolute atomic E-state index is 14.7. The summed E-state index contributed by atoms with van der Waals surface area (Å²) < 4.78 is 103. The number of sulfonamides is 2. The Morgan fingerprint density at radius 2 is 0.940 bits per heavy atom. The Morgan fingerprint density at radius 1 is 0.506 bits per heavy atom. The predicted octanol–water partition coefficient (Wildman–Crippen LogP) is 16.1. The highest BCUT2D eigenvalue weighted by Crippen LogP contribution is 2.36. The summed E-state index contributed by atoms with van der Waals surface area (Å²) in [6.45, 7) is 25.8. The van der Waals surface area contributed by atoms with E-state index in [1.165, 1.54) is 6.07 Å². The molecule has 0 saturated heterocycles. The molecule has 0 saturated carbocycles. The van der Waals surface area contributed by atoms with E-state index < -0.39 is 30.2 Å². The molecule has 0 spiro atoms. The highest BCUT2D eigenvalue weighted by molar-refractivity contribution is 7.89. The summed E-state index contributed by atoms with van der Waals surface area (Å²) >= 11 is 0. The van der Waals surface area contributed by atoms with E-state index in [2.05, 4.69) is 78.7 Å². The van der Waals surface area contributed by atoms with Gasteiger partial charge >= 0.3 is 0 Å². The Bertz CT molecular complexity index is 3060. The fourth-order valence-corrected chi connectivity index (χ4v) is 15.5. The molecule has 0 aromatic heterocycles. The summed E-state index contributed by atoms with van der Waals surface area (Å²) in [6, 6.07) is 29.0. The number of unbranched alkanes of at least 4 members (excludes halogenated alkanes) is 4. The van der Waals surface area contributed by atoms with Gasteiger partial charge in [0.1, 0.15) is 16.7 Å². The van der Waals surface area contributed by atoms with E-state index >= 15 is 0 Å². The molecule has 4 aromatic carbocycles. The first-order valence-electron chi connectivity index (χ1n) is 31.7. The highest BCUT2D eigenvalue weighted by atomic mass is 32.2. The highest BCUT2D eigenvalue weighted by Gasteiger charge is 2.31. The fraction of sp³-hybridized carbons (Fsp3) is 0.551.